The zero-order chi connectivity index (χ0) is 16.2. The van der Waals surface area contributed by atoms with Gasteiger partial charge in [-0.25, -0.2) is 4.98 Å². The van der Waals surface area contributed by atoms with Crippen molar-refractivity contribution in [3.05, 3.63) is 29.9 Å². The summed E-state index contributed by atoms with van der Waals surface area (Å²) in [6.45, 7) is 5.16. The van der Waals surface area contributed by atoms with Crippen molar-refractivity contribution < 1.29 is 9.32 Å². The molecule has 1 aliphatic rings. The summed E-state index contributed by atoms with van der Waals surface area (Å²) < 4.78 is 5.00. The van der Waals surface area contributed by atoms with Crippen LogP contribution in [0.4, 0.5) is 11.6 Å². The van der Waals surface area contributed by atoms with E-state index in [4.69, 9.17) is 4.52 Å². The van der Waals surface area contributed by atoms with Crippen LogP contribution in [0.5, 0.6) is 0 Å². The second-order valence-corrected chi connectivity index (χ2v) is 5.99. The van der Waals surface area contributed by atoms with Gasteiger partial charge in [0.15, 0.2) is 5.82 Å². The molecule has 0 spiro atoms. The lowest BCUT2D eigenvalue weighted by atomic mass is 9.92. The van der Waals surface area contributed by atoms with Gasteiger partial charge in [0.1, 0.15) is 11.6 Å². The summed E-state index contributed by atoms with van der Waals surface area (Å²) in [6, 6.07) is 1.80. The predicted octanol–water partition coefficient (Wildman–Crippen LogP) is 2.32. The third-order valence-electron chi connectivity index (χ3n) is 4.15. The first-order valence-corrected chi connectivity index (χ1v) is 7.87. The maximum absolute atomic E-state index is 11.3. The average molecular weight is 315 g/mol. The van der Waals surface area contributed by atoms with Crippen molar-refractivity contribution in [1.29, 1.82) is 0 Å². The molecule has 122 valence electrons. The Morgan fingerprint density at radius 3 is 2.65 bits per heavy atom. The molecule has 1 aliphatic heterocycles. The molecule has 23 heavy (non-hydrogen) atoms. The molecule has 0 bridgehead atoms. The zero-order valence-corrected chi connectivity index (χ0v) is 13.5. The van der Waals surface area contributed by atoms with Crippen molar-refractivity contribution in [2.24, 2.45) is 5.92 Å². The Morgan fingerprint density at radius 1 is 1.30 bits per heavy atom. The molecule has 7 nitrogen and oxygen atoms in total. The number of aryl methyl sites for hydroxylation is 1. The van der Waals surface area contributed by atoms with Crippen LogP contribution in [0.3, 0.4) is 0 Å². The maximum Gasteiger partial charge on any atom is 0.219 e. The zero-order valence-electron chi connectivity index (χ0n) is 13.5. The van der Waals surface area contributed by atoms with E-state index in [0.29, 0.717) is 17.6 Å². The van der Waals surface area contributed by atoms with Gasteiger partial charge in [0.05, 0.1) is 18.1 Å². The summed E-state index contributed by atoms with van der Waals surface area (Å²) in [5.41, 5.74) is 0.980. The molecule has 0 radical (unpaired) electrons. The number of carbonyl (C=O) groups is 1. The number of nitrogens with one attached hydrogen (secondary N) is 1. The monoisotopic (exact) mass is 315 g/mol. The van der Waals surface area contributed by atoms with Crippen LogP contribution < -0.4 is 5.32 Å². The number of hydrogen-bond acceptors (Lipinski definition) is 6. The number of likely N-dealkylation sites (tertiary alicyclic amines) is 1. The fraction of sp³-hybridized carbons (Fsp3) is 0.500. The SMILES string of the molecule is CC(=O)N1CCC(Cc2cnc(Nc3cc(C)on3)cn2)CC1. The van der Waals surface area contributed by atoms with E-state index < -0.39 is 0 Å². The third-order valence-corrected chi connectivity index (χ3v) is 4.15. The van der Waals surface area contributed by atoms with Crippen molar-refractivity contribution in [1.82, 2.24) is 20.0 Å². The van der Waals surface area contributed by atoms with Gasteiger partial charge >= 0.3 is 0 Å². The van der Waals surface area contributed by atoms with Crippen molar-refractivity contribution >= 4 is 17.5 Å². The fourth-order valence-electron chi connectivity index (χ4n) is 2.83. The smallest absolute Gasteiger partial charge is 0.219 e. The number of anilines is 2. The summed E-state index contributed by atoms with van der Waals surface area (Å²) in [5.74, 6) is 2.75. The molecule has 1 fully saturated rings. The first kappa shape index (κ1) is 15.5. The molecule has 2 aromatic rings. The van der Waals surface area contributed by atoms with Gasteiger partial charge in [0.25, 0.3) is 0 Å². The summed E-state index contributed by atoms with van der Waals surface area (Å²) in [5, 5.41) is 6.91. The fourth-order valence-corrected chi connectivity index (χ4v) is 2.83. The van der Waals surface area contributed by atoms with Gasteiger partial charge in [0, 0.05) is 26.1 Å². The number of nitrogens with zero attached hydrogens (tertiary/aromatic N) is 4. The van der Waals surface area contributed by atoms with E-state index in [9.17, 15) is 4.79 Å². The summed E-state index contributed by atoms with van der Waals surface area (Å²) in [4.78, 5) is 22.1. The van der Waals surface area contributed by atoms with E-state index in [1.165, 1.54) is 0 Å². The summed E-state index contributed by atoms with van der Waals surface area (Å²) >= 11 is 0. The lowest BCUT2D eigenvalue weighted by molar-refractivity contribution is -0.130. The number of hydrogen-bond donors (Lipinski definition) is 1. The Balaban J connectivity index is 1.53. The molecule has 0 aliphatic carbocycles. The van der Waals surface area contributed by atoms with Gasteiger partial charge in [-0.1, -0.05) is 5.16 Å². The minimum atomic E-state index is 0.168. The normalized spacial score (nSPS) is 15.7. The quantitative estimate of drug-likeness (QED) is 0.932. The molecule has 7 heteroatoms. The van der Waals surface area contributed by atoms with Gasteiger partial charge in [-0.05, 0) is 32.1 Å². The van der Waals surface area contributed by atoms with Crippen LogP contribution in [0.25, 0.3) is 0 Å². The minimum Gasteiger partial charge on any atom is -0.360 e. The van der Waals surface area contributed by atoms with E-state index in [0.717, 1.165) is 43.8 Å². The Labute approximate surface area is 135 Å². The van der Waals surface area contributed by atoms with E-state index in [1.807, 2.05) is 11.8 Å². The van der Waals surface area contributed by atoms with Crippen LogP contribution in [0.2, 0.25) is 0 Å². The molecule has 1 saturated heterocycles. The largest absolute Gasteiger partial charge is 0.360 e. The van der Waals surface area contributed by atoms with E-state index in [2.05, 4.69) is 20.4 Å². The van der Waals surface area contributed by atoms with E-state index in [1.54, 1.807) is 25.4 Å². The van der Waals surface area contributed by atoms with Gasteiger partial charge < -0.3 is 14.7 Å². The molecule has 3 heterocycles. The van der Waals surface area contributed by atoms with Crippen molar-refractivity contribution in [3.8, 4) is 0 Å². The number of piperidine rings is 1. The highest BCUT2D eigenvalue weighted by Crippen LogP contribution is 2.21. The molecule has 2 aromatic heterocycles. The summed E-state index contributed by atoms with van der Waals surface area (Å²) in [7, 11) is 0. The van der Waals surface area contributed by atoms with Gasteiger partial charge in [-0.2, -0.15) is 0 Å². The van der Waals surface area contributed by atoms with Gasteiger partial charge in [-0.15, -0.1) is 0 Å². The highest BCUT2D eigenvalue weighted by atomic mass is 16.5. The Morgan fingerprint density at radius 2 is 2.09 bits per heavy atom. The van der Waals surface area contributed by atoms with E-state index in [-0.39, 0.29) is 5.91 Å². The van der Waals surface area contributed by atoms with Crippen molar-refractivity contribution in [2.75, 3.05) is 18.4 Å². The molecule has 0 atom stereocenters. The predicted molar refractivity (Wildman–Crippen MR) is 85.2 cm³/mol. The van der Waals surface area contributed by atoms with Crippen molar-refractivity contribution in [2.45, 2.75) is 33.1 Å². The second kappa shape index (κ2) is 6.76. The molecular formula is C16H21N5O2. The third kappa shape index (κ3) is 4.06. The number of carbonyl (C=O) groups excluding carboxylic acids is 1. The lowest BCUT2D eigenvalue weighted by Gasteiger charge is -2.31. The molecule has 1 amide bonds. The molecule has 1 N–H and O–H groups in total. The second-order valence-electron chi connectivity index (χ2n) is 5.99. The van der Waals surface area contributed by atoms with Crippen molar-refractivity contribution in [3.63, 3.8) is 0 Å². The van der Waals surface area contributed by atoms with Crippen LogP contribution in [0.1, 0.15) is 31.2 Å². The number of rotatable bonds is 4. The standard InChI is InChI=1S/C16H21N5O2/c1-11-7-15(20-23-11)19-16-10-17-14(9-18-16)8-13-3-5-21(6-4-13)12(2)22/h7,9-10,13H,3-6,8H2,1-2H3,(H,18,19,20). The van der Waals surface area contributed by atoms with Crippen LogP contribution >= 0.6 is 0 Å². The maximum atomic E-state index is 11.3. The molecule has 0 saturated carbocycles. The number of amides is 1. The Hall–Kier alpha value is -2.44. The number of aromatic nitrogens is 3. The summed E-state index contributed by atoms with van der Waals surface area (Å²) in [6.07, 6.45) is 6.47. The van der Waals surface area contributed by atoms with Crippen LogP contribution in [0, 0.1) is 12.8 Å². The first-order chi connectivity index (χ1) is 11.1. The highest BCUT2D eigenvalue weighted by Gasteiger charge is 2.21. The highest BCUT2D eigenvalue weighted by molar-refractivity contribution is 5.73. The van der Waals surface area contributed by atoms with Gasteiger partial charge in [0.2, 0.25) is 5.91 Å². The van der Waals surface area contributed by atoms with Crippen LogP contribution in [-0.4, -0.2) is 39.0 Å². The van der Waals surface area contributed by atoms with E-state index >= 15 is 0 Å². The molecule has 0 unspecified atom stereocenters. The lowest BCUT2D eigenvalue weighted by Crippen LogP contribution is -2.37. The van der Waals surface area contributed by atoms with Crippen LogP contribution in [-0.2, 0) is 11.2 Å². The minimum absolute atomic E-state index is 0.168. The Bertz CT molecular complexity index is 659. The van der Waals surface area contributed by atoms with Crippen LogP contribution in [0.15, 0.2) is 23.0 Å². The average Bonchev–Trinajstić information content (AvgIpc) is 2.95. The molecule has 0 aromatic carbocycles. The Kier molecular flexibility index (Phi) is 4.55. The topological polar surface area (TPSA) is 84.2 Å². The molecule has 3 rings (SSSR count). The molecular weight excluding hydrogens is 294 g/mol. The first-order valence-electron chi connectivity index (χ1n) is 7.87. The van der Waals surface area contributed by atoms with Gasteiger partial charge in [-0.3, -0.25) is 9.78 Å².